The van der Waals surface area contributed by atoms with Crippen molar-refractivity contribution in [3.8, 4) is 5.75 Å². The largest absolute Gasteiger partial charge is 0.573 e. The second-order valence-corrected chi connectivity index (χ2v) is 8.29. The molecule has 8 heteroatoms. The van der Waals surface area contributed by atoms with E-state index in [1.54, 1.807) is 12.1 Å². The molecule has 3 rings (SSSR count). The van der Waals surface area contributed by atoms with E-state index in [0.717, 1.165) is 31.7 Å². The Morgan fingerprint density at radius 2 is 1.55 bits per heavy atom. The van der Waals surface area contributed by atoms with Crippen molar-refractivity contribution in [2.24, 2.45) is 5.92 Å². The second kappa shape index (κ2) is 10.6. The van der Waals surface area contributed by atoms with Crippen LogP contribution in [-0.4, -0.2) is 12.5 Å². The van der Waals surface area contributed by atoms with Crippen molar-refractivity contribution in [2.75, 3.05) is 0 Å². The highest BCUT2D eigenvalue weighted by atomic mass is 19.4. The van der Waals surface area contributed by atoms with Crippen molar-refractivity contribution >= 4 is 0 Å². The summed E-state index contributed by atoms with van der Waals surface area (Å²) in [6.45, 7) is 1.68. The second-order valence-electron chi connectivity index (χ2n) is 8.29. The van der Waals surface area contributed by atoms with E-state index in [2.05, 4.69) is 16.9 Å². The van der Waals surface area contributed by atoms with E-state index in [1.807, 2.05) is 19.1 Å². The van der Waals surface area contributed by atoms with Gasteiger partial charge in [-0.1, -0.05) is 42.5 Å². The lowest BCUT2D eigenvalue weighted by Crippen LogP contribution is -2.24. The van der Waals surface area contributed by atoms with E-state index in [-0.39, 0.29) is 12.2 Å². The predicted molar refractivity (Wildman–Crippen MR) is 112 cm³/mol. The maximum absolute atomic E-state index is 14.2. The number of halogens is 6. The average Bonchev–Trinajstić information content (AvgIpc) is 2.74. The SMILES string of the molecule is C/C=C/C1CCC(c2ccc(COC(F)(F)Cc3ccc(OC(F)(F)F)c(F)c3)cc2)CC1. The number of alkyl halides is 5. The van der Waals surface area contributed by atoms with Crippen LogP contribution in [0.3, 0.4) is 0 Å². The topological polar surface area (TPSA) is 18.5 Å². The Hall–Kier alpha value is -2.48. The zero-order valence-corrected chi connectivity index (χ0v) is 18.2. The van der Waals surface area contributed by atoms with Crippen LogP contribution in [0.15, 0.2) is 54.6 Å². The van der Waals surface area contributed by atoms with Crippen molar-refractivity contribution < 1.29 is 35.8 Å². The summed E-state index contributed by atoms with van der Waals surface area (Å²) < 4.78 is 87.0. The summed E-state index contributed by atoms with van der Waals surface area (Å²) in [5, 5.41) is 0. The molecule has 0 aromatic heterocycles. The van der Waals surface area contributed by atoms with Gasteiger partial charge in [0, 0.05) is 0 Å². The van der Waals surface area contributed by atoms with Gasteiger partial charge in [-0.3, -0.25) is 0 Å². The molecule has 0 amide bonds. The van der Waals surface area contributed by atoms with Crippen LogP contribution in [-0.2, 0) is 17.8 Å². The molecule has 0 heterocycles. The number of hydrogen-bond donors (Lipinski definition) is 0. The standard InChI is InChI=1S/C25H26F6O2/c1-2-3-17-4-9-20(10-5-17)21-11-6-18(7-12-21)16-32-24(27,28)15-19-8-13-23(22(26)14-19)33-25(29,30)31/h2-3,6-8,11-14,17,20H,4-5,9-10,15-16H2,1H3/b3-2+. The van der Waals surface area contributed by atoms with E-state index >= 15 is 0 Å². The van der Waals surface area contributed by atoms with Gasteiger partial charge in [-0.15, -0.1) is 13.2 Å². The molecular weight excluding hydrogens is 446 g/mol. The molecule has 1 aliphatic rings. The van der Waals surface area contributed by atoms with Gasteiger partial charge in [0.2, 0.25) is 0 Å². The number of benzene rings is 2. The summed E-state index contributed by atoms with van der Waals surface area (Å²) in [5.74, 6) is -1.37. The first-order chi connectivity index (χ1) is 15.5. The Morgan fingerprint density at radius 3 is 2.12 bits per heavy atom. The molecule has 0 aliphatic heterocycles. The minimum atomic E-state index is -5.07. The third-order valence-corrected chi connectivity index (χ3v) is 5.77. The third-order valence-electron chi connectivity index (χ3n) is 5.77. The molecule has 0 spiro atoms. The Morgan fingerprint density at radius 1 is 0.909 bits per heavy atom. The molecule has 2 nitrogen and oxygen atoms in total. The van der Waals surface area contributed by atoms with Crippen molar-refractivity contribution in [3.63, 3.8) is 0 Å². The van der Waals surface area contributed by atoms with Crippen LogP contribution in [0.2, 0.25) is 0 Å². The normalized spacial score (nSPS) is 19.7. The Labute approximate surface area is 189 Å². The maximum Gasteiger partial charge on any atom is 0.573 e. The van der Waals surface area contributed by atoms with Crippen LogP contribution in [0.4, 0.5) is 26.3 Å². The predicted octanol–water partition coefficient (Wildman–Crippen LogP) is 7.93. The number of hydrogen-bond acceptors (Lipinski definition) is 2. The number of ether oxygens (including phenoxy) is 2. The fraction of sp³-hybridized carbons (Fsp3) is 0.440. The monoisotopic (exact) mass is 472 g/mol. The van der Waals surface area contributed by atoms with Gasteiger partial charge in [-0.25, -0.2) is 4.39 Å². The molecule has 1 aliphatic carbocycles. The first kappa shape index (κ1) is 25.1. The molecule has 1 saturated carbocycles. The molecule has 0 N–H and O–H groups in total. The van der Waals surface area contributed by atoms with E-state index < -0.39 is 30.5 Å². The van der Waals surface area contributed by atoms with Crippen LogP contribution in [0.25, 0.3) is 0 Å². The van der Waals surface area contributed by atoms with E-state index in [1.165, 1.54) is 5.56 Å². The van der Waals surface area contributed by atoms with Crippen LogP contribution < -0.4 is 4.74 Å². The zero-order valence-electron chi connectivity index (χ0n) is 18.2. The van der Waals surface area contributed by atoms with Gasteiger partial charge in [0.1, 0.15) is 0 Å². The molecule has 0 atom stereocenters. The minimum Gasteiger partial charge on any atom is -0.403 e. The van der Waals surface area contributed by atoms with Gasteiger partial charge in [-0.2, -0.15) is 8.78 Å². The van der Waals surface area contributed by atoms with Gasteiger partial charge >= 0.3 is 12.5 Å². The Balaban J connectivity index is 1.52. The Bertz CT molecular complexity index is 929. The van der Waals surface area contributed by atoms with Crippen LogP contribution in [0, 0.1) is 11.7 Å². The van der Waals surface area contributed by atoms with E-state index in [4.69, 9.17) is 4.74 Å². The van der Waals surface area contributed by atoms with Gasteiger partial charge in [0.25, 0.3) is 0 Å². The number of rotatable bonds is 8. The summed E-state index contributed by atoms with van der Waals surface area (Å²) in [5.41, 5.74) is 1.54. The smallest absolute Gasteiger partial charge is 0.403 e. The molecule has 0 radical (unpaired) electrons. The average molecular weight is 472 g/mol. The summed E-state index contributed by atoms with van der Waals surface area (Å²) in [7, 11) is 0. The lowest BCUT2D eigenvalue weighted by molar-refractivity contribution is -0.275. The molecule has 0 unspecified atom stereocenters. The molecule has 1 fully saturated rings. The van der Waals surface area contributed by atoms with Crippen molar-refractivity contribution in [1.82, 2.24) is 0 Å². The summed E-state index contributed by atoms with van der Waals surface area (Å²) in [6, 6.07) is 9.58. The summed E-state index contributed by atoms with van der Waals surface area (Å²) in [6.07, 6.45) is -0.896. The minimum absolute atomic E-state index is 0.212. The van der Waals surface area contributed by atoms with Gasteiger partial charge in [0.05, 0.1) is 13.0 Å². The van der Waals surface area contributed by atoms with E-state index in [0.29, 0.717) is 29.5 Å². The molecular formula is C25H26F6O2. The number of allylic oxidation sites excluding steroid dienone is 2. The zero-order chi connectivity index (χ0) is 24.1. The third kappa shape index (κ3) is 7.81. The molecule has 2 aromatic carbocycles. The molecule has 0 bridgehead atoms. The molecule has 2 aromatic rings. The molecule has 180 valence electrons. The maximum atomic E-state index is 14.2. The van der Waals surface area contributed by atoms with Gasteiger partial charge in [0.15, 0.2) is 11.6 Å². The van der Waals surface area contributed by atoms with Gasteiger partial charge < -0.3 is 9.47 Å². The fourth-order valence-corrected chi connectivity index (χ4v) is 4.14. The van der Waals surface area contributed by atoms with Crippen molar-refractivity contribution in [3.05, 3.63) is 77.1 Å². The lowest BCUT2D eigenvalue weighted by Gasteiger charge is -2.27. The van der Waals surface area contributed by atoms with Crippen LogP contribution in [0.1, 0.15) is 55.2 Å². The van der Waals surface area contributed by atoms with Crippen molar-refractivity contribution in [2.45, 2.75) is 64.0 Å². The summed E-state index contributed by atoms with van der Waals surface area (Å²) >= 11 is 0. The van der Waals surface area contributed by atoms with Gasteiger partial charge in [-0.05, 0) is 73.3 Å². The van der Waals surface area contributed by atoms with Crippen LogP contribution in [0.5, 0.6) is 5.75 Å². The fourth-order valence-electron chi connectivity index (χ4n) is 4.14. The quantitative estimate of drug-likeness (QED) is 0.287. The molecule has 0 saturated heterocycles. The van der Waals surface area contributed by atoms with Crippen LogP contribution >= 0.6 is 0 Å². The highest BCUT2D eigenvalue weighted by molar-refractivity contribution is 5.30. The Kier molecular flexibility index (Phi) is 8.10. The highest BCUT2D eigenvalue weighted by Crippen LogP contribution is 2.36. The lowest BCUT2D eigenvalue weighted by atomic mass is 9.78. The van der Waals surface area contributed by atoms with Crippen molar-refractivity contribution in [1.29, 1.82) is 0 Å². The summed E-state index contributed by atoms with van der Waals surface area (Å²) in [4.78, 5) is 0. The first-order valence-corrected chi connectivity index (χ1v) is 10.8. The highest BCUT2D eigenvalue weighted by Gasteiger charge is 2.34. The van der Waals surface area contributed by atoms with E-state index in [9.17, 15) is 26.3 Å². The first-order valence-electron chi connectivity index (χ1n) is 10.8. The molecule has 33 heavy (non-hydrogen) atoms.